The Kier molecular flexibility index (Phi) is 3.19. The van der Waals surface area contributed by atoms with Gasteiger partial charge in [-0.2, -0.15) is 0 Å². The third-order valence-corrected chi connectivity index (χ3v) is 7.31. The zero-order valence-electron chi connectivity index (χ0n) is 15.1. The Morgan fingerprint density at radius 1 is 1.46 bits per heavy atom. The summed E-state index contributed by atoms with van der Waals surface area (Å²) in [4.78, 5) is 12.8. The first-order valence-electron chi connectivity index (χ1n) is 9.37. The molecular formula is C20H24N2O4. The Labute approximate surface area is 152 Å². The van der Waals surface area contributed by atoms with Gasteiger partial charge in [-0.05, 0) is 18.6 Å². The van der Waals surface area contributed by atoms with Crippen molar-refractivity contribution in [3.05, 3.63) is 46.3 Å². The number of carbonyl (C=O) groups is 1. The molecule has 3 heterocycles. The second-order valence-corrected chi connectivity index (χ2v) is 8.29. The van der Waals surface area contributed by atoms with Gasteiger partial charge in [-0.25, -0.2) is 4.79 Å². The van der Waals surface area contributed by atoms with Crippen molar-refractivity contribution in [3.8, 4) is 0 Å². The molecule has 0 radical (unpaired) electrons. The van der Waals surface area contributed by atoms with E-state index in [0.717, 1.165) is 23.4 Å². The molecule has 2 N–H and O–H groups in total. The van der Waals surface area contributed by atoms with E-state index in [1.54, 1.807) is 6.92 Å². The Morgan fingerprint density at radius 2 is 2.23 bits per heavy atom. The molecule has 5 rings (SSSR count). The zero-order valence-corrected chi connectivity index (χ0v) is 15.1. The number of esters is 1. The molecule has 6 atom stereocenters. The van der Waals surface area contributed by atoms with Crippen molar-refractivity contribution in [1.82, 2.24) is 0 Å². The fourth-order valence-corrected chi connectivity index (χ4v) is 6.25. The molecule has 4 aliphatic rings. The number of nitrogens with one attached hydrogen (secondary N) is 1. The number of piperidine rings is 1. The number of anilines is 1. The second-order valence-electron chi connectivity index (χ2n) is 8.29. The molecular weight excluding hydrogens is 332 g/mol. The van der Waals surface area contributed by atoms with Gasteiger partial charge < -0.3 is 25.0 Å². The summed E-state index contributed by atoms with van der Waals surface area (Å²) >= 11 is 0. The number of quaternary nitrogens is 1. The van der Waals surface area contributed by atoms with Gasteiger partial charge in [-0.15, -0.1) is 0 Å². The minimum atomic E-state index is -0.637. The summed E-state index contributed by atoms with van der Waals surface area (Å²) in [6.45, 7) is 2.62. The van der Waals surface area contributed by atoms with Gasteiger partial charge in [-0.1, -0.05) is 18.2 Å². The van der Waals surface area contributed by atoms with Crippen molar-refractivity contribution in [2.24, 2.45) is 11.8 Å². The van der Waals surface area contributed by atoms with Crippen LogP contribution in [0, 0.1) is 17.0 Å². The lowest BCUT2D eigenvalue weighted by Gasteiger charge is -2.58. The van der Waals surface area contributed by atoms with Gasteiger partial charge in [0.25, 0.3) is 0 Å². The van der Waals surface area contributed by atoms with Crippen LogP contribution in [0.2, 0.25) is 0 Å². The SMILES string of the molecule is COC(=O)C1=C2Nc3ccccc3C23CC[N+]2([O-])C[C@@H]([C@H](C)O)[C@@H]1C[C@@H]32. The van der Waals surface area contributed by atoms with Crippen LogP contribution in [-0.2, 0) is 14.9 Å². The van der Waals surface area contributed by atoms with E-state index >= 15 is 0 Å². The normalized spacial score (nSPS) is 40.5. The third-order valence-electron chi connectivity index (χ3n) is 7.31. The molecule has 2 saturated heterocycles. The largest absolute Gasteiger partial charge is 0.633 e. The highest BCUT2D eigenvalue weighted by atomic mass is 16.6. The van der Waals surface area contributed by atoms with Crippen LogP contribution in [0.3, 0.4) is 0 Å². The van der Waals surface area contributed by atoms with E-state index in [1.807, 2.05) is 18.2 Å². The maximum Gasteiger partial charge on any atom is 0.335 e. The number of carbonyl (C=O) groups excluding carboxylic acids is 1. The minimum Gasteiger partial charge on any atom is -0.633 e. The first kappa shape index (κ1) is 16.3. The van der Waals surface area contributed by atoms with Crippen molar-refractivity contribution in [1.29, 1.82) is 0 Å². The Bertz CT molecular complexity index is 835. The number of aliphatic hydroxyl groups excluding tert-OH is 1. The van der Waals surface area contributed by atoms with E-state index in [9.17, 15) is 15.1 Å². The van der Waals surface area contributed by atoms with Gasteiger partial charge in [0.2, 0.25) is 0 Å². The standard InChI is InChI=1S/C20H24N2O4/c1-11(23)13-10-22(25)8-7-20-14-5-3-4-6-15(14)21-18(20)17(19(24)26-2)12(13)9-16(20)22/h3-6,11-13,16,21,23H,7-10H2,1-2H3/t11-,12-,13-,16-,20?,22?/m0/s1. The number of benzene rings is 1. The second kappa shape index (κ2) is 5.09. The van der Waals surface area contributed by atoms with Gasteiger partial charge >= 0.3 is 5.97 Å². The summed E-state index contributed by atoms with van der Waals surface area (Å²) in [6, 6.07) is 7.96. The van der Waals surface area contributed by atoms with E-state index in [1.165, 1.54) is 7.11 Å². The van der Waals surface area contributed by atoms with E-state index < -0.39 is 11.5 Å². The summed E-state index contributed by atoms with van der Waals surface area (Å²) in [5, 5.41) is 27.6. The lowest BCUT2D eigenvalue weighted by molar-refractivity contribution is -0.905. The predicted molar refractivity (Wildman–Crippen MR) is 95.8 cm³/mol. The molecule has 2 unspecified atom stereocenters. The maximum atomic E-state index is 13.7. The van der Waals surface area contributed by atoms with Crippen molar-refractivity contribution in [2.75, 3.05) is 25.5 Å². The number of hydroxylamine groups is 3. The first-order valence-corrected chi connectivity index (χ1v) is 9.37. The van der Waals surface area contributed by atoms with Crippen molar-refractivity contribution in [3.63, 3.8) is 0 Å². The number of para-hydroxylation sites is 1. The molecule has 1 spiro atoms. The van der Waals surface area contributed by atoms with E-state index in [2.05, 4.69) is 11.4 Å². The van der Waals surface area contributed by atoms with Gasteiger partial charge in [-0.3, -0.25) is 0 Å². The lowest BCUT2D eigenvalue weighted by Crippen LogP contribution is -2.64. The summed E-state index contributed by atoms with van der Waals surface area (Å²) in [6.07, 6.45) is 0.713. The number of aliphatic hydroxyl groups is 1. The number of hydrogen-bond acceptors (Lipinski definition) is 5. The van der Waals surface area contributed by atoms with Gasteiger partial charge in [0.05, 0.1) is 37.3 Å². The number of hydrogen-bond donors (Lipinski definition) is 2. The predicted octanol–water partition coefficient (Wildman–Crippen LogP) is 1.89. The topological polar surface area (TPSA) is 81.6 Å². The van der Waals surface area contributed by atoms with Gasteiger partial charge in [0.1, 0.15) is 6.04 Å². The maximum absolute atomic E-state index is 13.7. The average Bonchev–Trinajstić information content (AvgIpc) is 3.14. The molecule has 0 saturated carbocycles. The van der Waals surface area contributed by atoms with Crippen LogP contribution in [-0.4, -0.2) is 48.1 Å². The highest BCUT2D eigenvalue weighted by molar-refractivity contribution is 5.93. The molecule has 6 heteroatoms. The smallest absolute Gasteiger partial charge is 0.335 e. The number of methoxy groups -OCH3 is 1. The highest BCUT2D eigenvalue weighted by Gasteiger charge is 2.68. The molecule has 138 valence electrons. The molecule has 1 aliphatic carbocycles. The quantitative estimate of drug-likeness (QED) is 0.480. The molecule has 6 nitrogen and oxygen atoms in total. The highest BCUT2D eigenvalue weighted by Crippen LogP contribution is 2.63. The van der Waals surface area contributed by atoms with Gasteiger partial charge in [0.15, 0.2) is 0 Å². The molecule has 1 aromatic carbocycles. The summed E-state index contributed by atoms with van der Waals surface area (Å²) < 4.78 is 4.88. The Balaban J connectivity index is 1.80. The van der Waals surface area contributed by atoms with Crippen LogP contribution in [0.25, 0.3) is 0 Å². The third kappa shape index (κ3) is 1.75. The number of fused-ring (bicyclic) bond motifs is 2. The molecule has 2 bridgehead atoms. The summed E-state index contributed by atoms with van der Waals surface area (Å²) in [7, 11) is 1.40. The van der Waals surface area contributed by atoms with Crippen molar-refractivity contribution < 1.29 is 19.3 Å². The zero-order chi connectivity index (χ0) is 18.3. The Morgan fingerprint density at radius 3 is 2.96 bits per heavy atom. The molecule has 3 aliphatic heterocycles. The van der Waals surface area contributed by atoms with Crippen LogP contribution < -0.4 is 5.32 Å². The molecule has 0 aromatic heterocycles. The first-order chi connectivity index (χ1) is 12.4. The van der Waals surface area contributed by atoms with E-state index in [-0.39, 0.29) is 28.5 Å². The van der Waals surface area contributed by atoms with Crippen LogP contribution in [0.4, 0.5) is 5.69 Å². The van der Waals surface area contributed by atoms with Crippen LogP contribution in [0.15, 0.2) is 35.5 Å². The van der Waals surface area contributed by atoms with Crippen LogP contribution >= 0.6 is 0 Å². The summed E-state index contributed by atoms with van der Waals surface area (Å²) in [5.41, 5.74) is 3.18. The number of rotatable bonds is 2. The summed E-state index contributed by atoms with van der Waals surface area (Å²) in [5.74, 6) is -0.714. The molecule has 0 amide bonds. The van der Waals surface area contributed by atoms with Gasteiger partial charge in [0, 0.05) is 36.1 Å². The fourth-order valence-electron chi connectivity index (χ4n) is 6.25. The van der Waals surface area contributed by atoms with Crippen LogP contribution in [0.1, 0.15) is 25.3 Å². The number of nitrogens with zero attached hydrogens (tertiary/aromatic N) is 1. The van der Waals surface area contributed by atoms with E-state index in [0.29, 0.717) is 25.1 Å². The minimum absolute atomic E-state index is 0.109. The fraction of sp³-hybridized carbons (Fsp3) is 0.550. The van der Waals surface area contributed by atoms with Crippen molar-refractivity contribution >= 4 is 11.7 Å². The van der Waals surface area contributed by atoms with Crippen LogP contribution in [0.5, 0.6) is 0 Å². The average molecular weight is 356 g/mol. The Hall–Kier alpha value is -1.89. The number of ether oxygens (including phenoxy) is 1. The van der Waals surface area contributed by atoms with E-state index in [4.69, 9.17) is 4.74 Å². The van der Waals surface area contributed by atoms with Crippen molar-refractivity contribution in [2.45, 2.75) is 37.3 Å². The molecule has 1 aromatic rings. The lowest BCUT2D eigenvalue weighted by atomic mass is 9.60. The molecule has 26 heavy (non-hydrogen) atoms. The molecule has 2 fully saturated rings. The monoisotopic (exact) mass is 356 g/mol.